The summed E-state index contributed by atoms with van der Waals surface area (Å²) in [6.45, 7) is 12.0. The van der Waals surface area contributed by atoms with Crippen LogP contribution in [0, 0.1) is 0 Å². The number of benzene rings is 1. The van der Waals surface area contributed by atoms with Crippen molar-refractivity contribution in [2.45, 2.75) is 56.3 Å². The molecule has 120 valence electrons. The predicted octanol–water partition coefficient (Wildman–Crippen LogP) is 2.37. The first-order valence-corrected chi connectivity index (χ1v) is 8.50. The Hall–Kier alpha value is -0.525. The zero-order valence-electron chi connectivity index (χ0n) is 13.9. The standard InChI is InChI=1S/C16H24BNO3S/c1-14(2)15(3,4)21-17(20-14)12-6-8-13(9-7-12)22-18-16(5)10-19-11-16/h6-9,18H,10-11H2,1-5H3. The van der Waals surface area contributed by atoms with Gasteiger partial charge in [0, 0.05) is 4.90 Å². The van der Waals surface area contributed by atoms with E-state index < -0.39 is 0 Å². The first-order chi connectivity index (χ1) is 10.2. The Morgan fingerprint density at radius 1 is 0.955 bits per heavy atom. The zero-order valence-corrected chi connectivity index (χ0v) is 14.8. The van der Waals surface area contributed by atoms with E-state index in [0.717, 1.165) is 18.7 Å². The topological polar surface area (TPSA) is 39.7 Å². The van der Waals surface area contributed by atoms with Crippen LogP contribution >= 0.6 is 11.9 Å². The van der Waals surface area contributed by atoms with E-state index in [4.69, 9.17) is 14.0 Å². The molecule has 4 nitrogen and oxygen atoms in total. The lowest BCUT2D eigenvalue weighted by Gasteiger charge is -2.38. The molecule has 2 aliphatic heterocycles. The van der Waals surface area contributed by atoms with Crippen molar-refractivity contribution in [3.05, 3.63) is 24.3 Å². The fourth-order valence-electron chi connectivity index (χ4n) is 2.32. The molecule has 0 atom stereocenters. The summed E-state index contributed by atoms with van der Waals surface area (Å²) in [7, 11) is -0.297. The molecule has 0 spiro atoms. The van der Waals surface area contributed by atoms with Crippen LogP contribution in [0.5, 0.6) is 0 Å². The molecule has 0 saturated carbocycles. The summed E-state index contributed by atoms with van der Waals surface area (Å²) in [4.78, 5) is 1.17. The highest BCUT2D eigenvalue weighted by Crippen LogP contribution is 2.36. The van der Waals surface area contributed by atoms with E-state index in [2.05, 4.69) is 63.6 Å². The number of rotatable bonds is 4. The number of hydrogen-bond donors (Lipinski definition) is 1. The number of hydrogen-bond acceptors (Lipinski definition) is 5. The highest BCUT2D eigenvalue weighted by atomic mass is 32.2. The van der Waals surface area contributed by atoms with Crippen molar-refractivity contribution in [2.24, 2.45) is 0 Å². The molecular formula is C16H24BNO3S. The molecule has 0 amide bonds. The molecular weight excluding hydrogens is 297 g/mol. The van der Waals surface area contributed by atoms with Crippen LogP contribution in [0.25, 0.3) is 0 Å². The van der Waals surface area contributed by atoms with E-state index in [1.165, 1.54) is 4.90 Å². The molecule has 2 aliphatic rings. The minimum absolute atomic E-state index is 0.0923. The van der Waals surface area contributed by atoms with E-state index >= 15 is 0 Å². The summed E-state index contributed by atoms with van der Waals surface area (Å²) in [5.41, 5.74) is 0.549. The largest absolute Gasteiger partial charge is 0.494 e. The fourth-order valence-corrected chi connectivity index (χ4v) is 3.08. The summed E-state index contributed by atoms with van der Waals surface area (Å²) in [5, 5.41) is 0. The van der Waals surface area contributed by atoms with Gasteiger partial charge in [-0.05, 0) is 64.2 Å². The van der Waals surface area contributed by atoms with Gasteiger partial charge in [-0.15, -0.1) is 0 Å². The minimum Gasteiger partial charge on any atom is -0.399 e. The maximum atomic E-state index is 6.07. The zero-order chi connectivity index (χ0) is 16.0. The highest BCUT2D eigenvalue weighted by Gasteiger charge is 2.51. The molecule has 2 saturated heterocycles. The summed E-state index contributed by atoms with van der Waals surface area (Å²) >= 11 is 1.64. The Kier molecular flexibility index (Phi) is 4.11. The van der Waals surface area contributed by atoms with Gasteiger partial charge in [-0.3, -0.25) is 0 Å². The highest BCUT2D eigenvalue weighted by molar-refractivity contribution is 7.97. The molecule has 0 aromatic heterocycles. The smallest absolute Gasteiger partial charge is 0.399 e. The minimum atomic E-state index is -0.300. The summed E-state index contributed by atoms with van der Waals surface area (Å²) in [5.74, 6) is 0. The predicted molar refractivity (Wildman–Crippen MR) is 90.4 cm³/mol. The molecule has 1 aromatic carbocycles. The van der Waals surface area contributed by atoms with E-state index in [1.54, 1.807) is 11.9 Å². The van der Waals surface area contributed by atoms with Crippen LogP contribution in [0.1, 0.15) is 34.6 Å². The van der Waals surface area contributed by atoms with Crippen molar-refractivity contribution in [2.75, 3.05) is 13.2 Å². The lowest BCUT2D eigenvalue weighted by molar-refractivity contribution is -0.0510. The van der Waals surface area contributed by atoms with Crippen molar-refractivity contribution in [1.29, 1.82) is 0 Å². The van der Waals surface area contributed by atoms with E-state index in [0.29, 0.717) is 0 Å². The van der Waals surface area contributed by atoms with Gasteiger partial charge in [0.1, 0.15) is 0 Å². The Morgan fingerprint density at radius 2 is 1.50 bits per heavy atom. The summed E-state index contributed by atoms with van der Waals surface area (Å²) in [6, 6.07) is 8.35. The Bertz CT molecular complexity index is 527. The third-order valence-electron chi connectivity index (χ3n) is 4.66. The second-order valence-corrected chi connectivity index (χ2v) is 8.29. The van der Waals surface area contributed by atoms with Crippen LogP contribution in [0.4, 0.5) is 0 Å². The van der Waals surface area contributed by atoms with Gasteiger partial charge in [0.15, 0.2) is 0 Å². The van der Waals surface area contributed by atoms with Crippen LogP contribution in [0.15, 0.2) is 29.2 Å². The fraction of sp³-hybridized carbons (Fsp3) is 0.625. The lowest BCUT2D eigenvalue weighted by atomic mass is 9.79. The molecule has 3 rings (SSSR count). The quantitative estimate of drug-likeness (QED) is 0.681. The molecule has 0 unspecified atom stereocenters. The average molecular weight is 321 g/mol. The molecule has 6 heteroatoms. The maximum Gasteiger partial charge on any atom is 0.494 e. The third kappa shape index (κ3) is 3.08. The van der Waals surface area contributed by atoms with E-state index in [1.807, 2.05) is 0 Å². The van der Waals surface area contributed by atoms with Crippen LogP contribution in [-0.4, -0.2) is 37.1 Å². The normalized spacial score (nSPS) is 25.0. The van der Waals surface area contributed by atoms with Crippen molar-refractivity contribution in [3.8, 4) is 0 Å². The van der Waals surface area contributed by atoms with Crippen LogP contribution in [-0.2, 0) is 14.0 Å². The lowest BCUT2D eigenvalue weighted by Crippen LogP contribution is -2.55. The molecule has 1 N–H and O–H groups in total. The SMILES string of the molecule is CC1(NSc2ccc(B3OC(C)(C)C(C)(C)O3)cc2)COC1. The Morgan fingerprint density at radius 3 is 1.95 bits per heavy atom. The first kappa shape index (κ1) is 16.3. The molecule has 22 heavy (non-hydrogen) atoms. The van der Waals surface area contributed by atoms with E-state index in [9.17, 15) is 0 Å². The average Bonchev–Trinajstić information content (AvgIpc) is 2.64. The van der Waals surface area contributed by atoms with Gasteiger partial charge in [0.2, 0.25) is 0 Å². The van der Waals surface area contributed by atoms with Crippen molar-refractivity contribution < 1.29 is 14.0 Å². The van der Waals surface area contributed by atoms with Crippen molar-refractivity contribution in [1.82, 2.24) is 4.72 Å². The molecule has 0 bridgehead atoms. The molecule has 2 fully saturated rings. The van der Waals surface area contributed by atoms with Crippen LogP contribution in [0.2, 0.25) is 0 Å². The van der Waals surface area contributed by atoms with E-state index in [-0.39, 0.29) is 23.9 Å². The first-order valence-electron chi connectivity index (χ1n) is 7.68. The van der Waals surface area contributed by atoms with Gasteiger partial charge < -0.3 is 14.0 Å². The van der Waals surface area contributed by atoms with Crippen LogP contribution < -0.4 is 10.2 Å². The Labute approximate surface area is 137 Å². The van der Waals surface area contributed by atoms with Crippen molar-refractivity contribution in [3.63, 3.8) is 0 Å². The van der Waals surface area contributed by atoms with Gasteiger partial charge in [-0.1, -0.05) is 12.1 Å². The van der Waals surface area contributed by atoms with Gasteiger partial charge in [0.25, 0.3) is 0 Å². The number of nitrogens with one attached hydrogen (secondary N) is 1. The second kappa shape index (κ2) is 5.53. The molecule has 0 radical (unpaired) electrons. The number of ether oxygens (including phenoxy) is 1. The second-order valence-electron chi connectivity index (χ2n) is 7.41. The third-order valence-corrected chi connectivity index (χ3v) is 5.76. The molecule has 0 aliphatic carbocycles. The van der Waals surface area contributed by atoms with Gasteiger partial charge in [-0.2, -0.15) is 0 Å². The molecule has 1 aromatic rings. The van der Waals surface area contributed by atoms with Crippen LogP contribution in [0.3, 0.4) is 0 Å². The Balaban J connectivity index is 1.62. The van der Waals surface area contributed by atoms with Gasteiger partial charge in [-0.25, -0.2) is 4.72 Å². The summed E-state index contributed by atoms with van der Waals surface area (Å²) in [6.07, 6.45) is 0. The monoisotopic (exact) mass is 321 g/mol. The molecule has 2 heterocycles. The van der Waals surface area contributed by atoms with Gasteiger partial charge in [0.05, 0.1) is 30.0 Å². The van der Waals surface area contributed by atoms with Gasteiger partial charge >= 0.3 is 7.12 Å². The maximum absolute atomic E-state index is 6.07. The van der Waals surface area contributed by atoms with Crippen molar-refractivity contribution >= 4 is 24.5 Å². The summed E-state index contributed by atoms with van der Waals surface area (Å²) < 4.78 is 20.8.